The number of nitrogens with one attached hydrogen (secondary N) is 1. The normalized spacial score (nSPS) is 20.9. The quantitative estimate of drug-likeness (QED) is 0.910. The van der Waals surface area contributed by atoms with Crippen molar-refractivity contribution in [1.82, 2.24) is 5.32 Å². The Hall–Kier alpha value is -2.34. The van der Waals surface area contributed by atoms with Crippen molar-refractivity contribution in [3.05, 3.63) is 65.7 Å². The Kier molecular flexibility index (Phi) is 4.81. The van der Waals surface area contributed by atoms with Crippen LogP contribution in [-0.2, 0) is 14.6 Å². The van der Waals surface area contributed by atoms with E-state index in [1.807, 2.05) is 30.3 Å². The molecule has 0 fully saturated rings. The fourth-order valence-corrected chi connectivity index (χ4v) is 4.58. The third-order valence-corrected chi connectivity index (χ3v) is 6.00. The van der Waals surface area contributed by atoms with Crippen LogP contribution in [0.3, 0.4) is 0 Å². The van der Waals surface area contributed by atoms with Crippen molar-refractivity contribution in [2.24, 2.45) is 0 Å². The molecule has 0 bridgehead atoms. The Morgan fingerprint density at radius 1 is 1.12 bits per heavy atom. The minimum absolute atomic E-state index is 0.127. The fourth-order valence-electron chi connectivity index (χ4n) is 3.18. The van der Waals surface area contributed by atoms with Crippen LogP contribution < -0.4 is 10.1 Å². The van der Waals surface area contributed by atoms with Crippen molar-refractivity contribution in [3.8, 4) is 5.75 Å². The summed E-state index contributed by atoms with van der Waals surface area (Å²) in [5.74, 6) is -0.0362. The van der Waals surface area contributed by atoms with Gasteiger partial charge in [-0.1, -0.05) is 48.5 Å². The number of ether oxygens (including phenoxy) is 1. The summed E-state index contributed by atoms with van der Waals surface area (Å²) in [6.45, 7) is 1.93. The molecule has 3 rings (SSSR count). The zero-order valence-corrected chi connectivity index (χ0v) is 15.0. The maximum Gasteiger partial charge on any atom is 0.227 e. The molecule has 2 aromatic carbocycles. The average Bonchev–Trinajstić information content (AvgIpc) is 2.60. The second-order valence-electron chi connectivity index (χ2n) is 6.35. The molecule has 1 N–H and O–H groups in total. The topological polar surface area (TPSA) is 72.5 Å². The van der Waals surface area contributed by atoms with E-state index in [0.29, 0.717) is 11.3 Å². The second kappa shape index (κ2) is 6.88. The molecule has 6 heteroatoms. The predicted octanol–water partition coefficient (Wildman–Crippen LogP) is 2.45. The van der Waals surface area contributed by atoms with Crippen LogP contribution in [0.2, 0.25) is 0 Å². The molecule has 3 atom stereocenters. The van der Waals surface area contributed by atoms with Crippen LogP contribution in [0.5, 0.6) is 5.75 Å². The van der Waals surface area contributed by atoms with Gasteiger partial charge < -0.3 is 10.1 Å². The van der Waals surface area contributed by atoms with E-state index in [1.54, 1.807) is 31.2 Å². The minimum atomic E-state index is -3.42. The lowest BCUT2D eigenvalue weighted by atomic mass is 9.98. The molecule has 0 saturated heterocycles. The third kappa shape index (κ3) is 3.69. The number of hydrogen-bond donors (Lipinski definition) is 1. The summed E-state index contributed by atoms with van der Waals surface area (Å²) >= 11 is 0. The first-order valence-corrected chi connectivity index (χ1v) is 10.1. The third-order valence-electron chi connectivity index (χ3n) is 4.49. The number of carbonyl (C=O) groups is 1. The molecule has 1 heterocycles. The van der Waals surface area contributed by atoms with E-state index < -0.39 is 21.1 Å². The second-order valence-corrected chi connectivity index (χ2v) is 8.51. The zero-order chi connectivity index (χ0) is 18.0. The SMILES string of the molecule is C[C@H](C(=O)N[C@H]1COc2ccccc2[C@@H]1S(C)(=O)=O)c1ccccc1. The largest absolute Gasteiger partial charge is 0.491 e. The van der Waals surface area contributed by atoms with Gasteiger partial charge in [0.2, 0.25) is 5.91 Å². The van der Waals surface area contributed by atoms with E-state index in [-0.39, 0.29) is 18.4 Å². The molecule has 0 spiro atoms. The summed E-state index contributed by atoms with van der Waals surface area (Å²) in [7, 11) is -3.42. The van der Waals surface area contributed by atoms with E-state index in [0.717, 1.165) is 5.56 Å². The van der Waals surface area contributed by atoms with Crippen molar-refractivity contribution in [2.75, 3.05) is 12.9 Å². The van der Waals surface area contributed by atoms with Crippen LogP contribution in [0.1, 0.15) is 29.2 Å². The highest BCUT2D eigenvalue weighted by Crippen LogP contribution is 2.37. The Morgan fingerprint density at radius 2 is 1.76 bits per heavy atom. The zero-order valence-electron chi connectivity index (χ0n) is 14.2. The lowest BCUT2D eigenvalue weighted by Crippen LogP contribution is -2.48. The van der Waals surface area contributed by atoms with Crippen molar-refractivity contribution >= 4 is 15.7 Å². The van der Waals surface area contributed by atoms with Gasteiger partial charge in [-0.3, -0.25) is 4.79 Å². The van der Waals surface area contributed by atoms with Gasteiger partial charge in [0.05, 0.1) is 12.0 Å². The smallest absolute Gasteiger partial charge is 0.227 e. The number of hydrogen-bond acceptors (Lipinski definition) is 4. The molecule has 0 saturated carbocycles. The number of fused-ring (bicyclic) bond motifs is 1. The van der Waals surface area contributed by atoms with Crippen molar-refractivity contribution in [2.45, 2.75) is 24.1 Å². The van der Waals surface area contributed by atoms with Crippen molar-refractivity contribution in [3.63, 3.8) is 0 Å². The number of benzene rings is 2. The fraction of sp³-hybridized carbons (Fsp3) is 0.316. The van der Waals surface area contributed by atoms with Crippen LogP contribution in [-0.4, -0.2) is 33.2 Å². The molecule has 0 aliphatic carbocycles. The molecule has 1 aliphatic heterocycles. The summed E-state index contributed by atoms with van der Waals surface area (Å²) in [5.41, 5.74) is 1.47. The Labute approximate surface area is 147 Å². The summed E-state index contributed by atoms with van der Waals surface area (Å²) in [6.07, 6.45) is 1.19. The number of para-hydroxylation sites is 1. The highest BCUT2D eigenvalue weighted by molar-refractivity contribution is 7.91. The molecule has 1 aliphatic rings. The number of rotatable bonds is 4. The number of carbonyl (C=O) groups excluding carboxylic acids is 1. The van der Waals surface area contributed by atoms with Gasteiger partial charge in [0, 0.05) is 11.8 Å². The molecule has 2 aromatic rings. The molecular weight excluding hydrogens is 338 g/mol. The molecule has 1 amide bonds. The first-order chi connectivity index (χ1) is 11.9. The van der Waals surface area contributed by atoms with E-state index in [9.17, 15) is 13.2 Å². The van der Waals surface area contributed by atoms with Crippen LogP contribution in [0, 0.1) is 0 Å². The van der Waals surface area contributed by atoms with Crippen LogP contribution in [0.15, 0.2) is 54.6 Å². The van der Waals surface area contributed by atoms with Gasteiger partial charge in [-0.25, -0.2) is 8.42 Å². The van der Waals surface area contributed by atoms with Gasteiger partial charge in [0.15, 0.2) is 9.84 Å². The molecule has 5 nitrogen and oxygen atoms in total. The minimum Gasteiger partial charge on any atom is -0.491 e. The summed E-state index contributed by atoms with van der Waals surface area (Å²) in [4.78, 5) is 12.6. The lowest BCUT2D eigenvalue weighted by Gasteiger charge is -2.33. The maximum absolute atomic E-state index is 12.6. The number of amides is 1. The average molecular weight is 359 g/mol. The van der Waals surface area contributed by atoms with Gasteiger partial charge in [0.25, 0.3) is 0 Å². The summed E-state index contributed by atoms with van der Waals surface area (Å²) in [5, 5.41) is 2.06. The predicted molar refractivity (Wildman–Crippen MR) is 96.3 cm³/mol. The van der Waals surface area contributed by atoms with Crippen molar-refractivity contribution in [1.29, 1.82) is 0 Å². The van der Waals surface area contributed by atoms with Crippen molar-refractivity contribution < 1.29 is 17.9 Å². The van der Waals surface area contributed by atoms with Crippen LogP contribution in [0.25, 0.3) is 0 Å². The Morgan fingerprint density at radius 3 is 2.44 bits per heavy atom. The maximum atomic E-state index is 12.6. The van der Waals surface area contributed by atoms with E-state index in [4.69, 9.17) is 4.74 Å². The van der Waals surface area contributed by atoms with Gasteiger partial charge in [-0.05, 0) is 18.6 Å². The first kappa shape index (κ1) is 17.5. The van der Waals surface area contributed by atoms with Gasteiger partial charge >= 0.3 is 0 Å². The molecule has 25 heavy (non-hydrogen) atoms. The van der Waals surface area contributed by atoms with Gasteiger partial charge in [-0.2, -0.15) is 0 Å². The van der Waals surface area contributed by atoms with Gasteiger partial charge in [0.1, 0.15) is 17.6 Å². The Balaban J connectivity index is 1.85. The standard InChI is InChI=1S/C19H21NO4S/c1-13(14-8-4-3-5-9-14)19(21)20-16-12-24-17-11-7-6-10-15(17)18(16)25(2,22)23/h3-11,13,16,18H,12H2,1-2H3,(H,20,21)/t13-,16-,18-/m0/s1. The lowest BCUT2D eigenvalue weighted by molar-refractivity contribution is -0.123. The van der Waals surface area contributed by atoms with Gasteiger partial charge in [-0.15, -0.1) is 0 Å². The van der Waals surface area contributed by atoms with E-state index in [2.05, 4.69) is 5.32 Å². The molecule has 0 unspecified atom stereocenters. The summed E-state index contributed by atoms with van der Waals surface area (Å²) in [6, 6.07) is 15.8. The first-order valence-electron chi connectivity index (χ1n) is 8.14. The van der Waals surface area contributed by atoms with E-state index >= 15 is 0 Å². The highest BCUT2D eigenvalue weighted by atomic mass is 32.2. The highest BCUT2D eigenvalue weighted by Gasteiger charge is 2.39. The molecule has 0 radical (unpaired) electrons. The molecule has 0 aromatic heterocycles. The Bertz CT molecular complexity index is 864. The van der Waals surface area contributed by atoms with Crippen LogP contribution in [0.4, 0.5) is 0 Å². The van der Waals surface area contributed by atoms with E-state index in [1.165, 1.54) is 6.26 Å². The summed E-state index contributed by atoms with van der Waals surface area (Å²) < 4.78 is 30.4. The molecular formula is C19H21NO4S. The monoisotopic (exact) mass is 359 g/mol. The van der Waals surface area contributed by atoms with Crippen LogP contribution >= 0.6 is 0 Å². The molecule has 132 valence electrons. The number of sulfone groups is 1.